The zero-order valence-corrected chi connectivity index (χ0v) is 19.0. The highest BCUT2D eigenvalue weighted by Gasteiger charge is 2.65. The molecular weight excluding hydrogens is 380 g/mol. The van der Waals surface area contributed by atoms with E-state index < -0.39 is 5.97 Å². The van der Waals surface area contributed by atoms with Gasteiger partial charge < -0.3 is 20.4 Å². The van der Waals surface area contributed by atoms with Gasteiger partial charge in [0.2, 0.25) is 0 Å². The van der Waals surface area contributed by atoms with Crippen LogP contribution in [-0.4, -0.2) is 44.7 Å². The Hall–Kier alpha value is -0.650. The van der Waals surface area contributed by atoms with Gasteiger partial charge in [-0.2, -0.15) is 0 Å². The maximum atomic E-state index is 11.5. The minimum atomic E-state index is -0.732. The van der Waals surface area contributed by atoms with Gasteiger partial charge in [-0.05, 0) is 104 Å². The van der Waals surface area contributed by atoms with Crippen molar-refractivity contribution in [1.29, 1.82) is 0 Å². The second kappa shape index (κ2) is 8.04. The fourth-order valence-electron chi connectivity index (χ4n) is 8.91. The number of aliphatic hydroxyl groups excluding tert-OH is 3. The predicted molar refractivity (Wildman–Crippen MR) is 115 cm³/mol. The number of aliphatic carboxylic acids is 1. The first-order valence-electron chi connectivity index (χ1n) is 12.3. The summed E-state index contributed by atoms with van der Waals surface area (Å²) in [6, 6.07) is 0. The summed E-state index contributed by atoms with van der Waals surface area (Å²) in [7, 11) is 0. The fourth-order valence-corrected chi connectivity index (χ4v) is 8.91. The first-order chi connectivity index (χ1) is 14.1. The van der Waals surface area contributed by atoms with E-state index in [0.29, 0.717) is 36.0 Å². The Morgan fingerprint density at radius 3 is 2.47 bits per heavy atom. The van der Waals surface area contributed by atoms with Crippen molar-refractivity contribution >= 4 is 5.97 Å². The Bertz CT molecular complexity index is 651. The molecule has 5 heteroatoms. The third-order valence-corrected chi connectivity index (χ3v) is 10.6. The number of carboxylic acids is 1. The minimum Gasteiger partial charge on any atom is -0.481 e. The lowest BCUT2D eigenvalue weighted by molar-refractivity contribution is -0.207. The molecule has 5 nitrogen and oxygen atoms in total. The van der Waals surface area contributed by atoms with Gasteiger partial charge >= 0.3 is 5.97 Å². The average molecular weight is 423 g/mol. The van der Waals surface area contributed by atoms with Crippen molar-refractivity contribution in [3.05, 3.63) is 0 Å². The van der Waals surface area contributed by atoms with Crippen molar-refractivity contribution in [1.82, 2.24) is 0 Å². The molecule has 0 aromatic rings. The van der Waals surface area contributed by atoms with Crippen molar-refractivity contribution in [2.75, 3.05) is 0 Å². The summed E-state index contributed by atoms with van der Waals surface area (Å²) in [6.07, 6.45) is 7.16. The zero-order valence-electron chi connectivity index (χ0n) is 19.0. The van der Waals surface area contributed by atoms with Gasteiger partial charge in [0.25, 0.3) is 0 Å². The Morgan fingerprint density at radius 2 is 1.77 bits per heavy atom. The fraction of sp³-hybridized carbons (Fsp3) is 0.960. The van der Waals surface area contributed by atoms with Crippen LogP contribution in [0.5, 0.6) is 0 Å². The molecule has 0 unspecified atom stereocenters. The highest BCUT2D eigenvalue weighted by molar-refractivity contribution is 5.66. The highest BCUT2D eigenvalue weighted by Crippen LogP contribution is 2.68. The number of carboxylic acid groups (broad SMARTS) is 1. The number of hydrogen-bond acceptors (Lipinski definition) is 4. The molecule has 11 atom stereocenters. The van der Waals surface area contributed by atoms with Crippen molar-refractivity contribution in [2.45, 2.75) is 103 Å². The molecule has 4 aliphatic rings. The van der Waals surface area contributed by atoms with Gasteiger partial charge in [-0.3, -0.25) is 4.79 Å². The quantitative estimate of drug-likeness (QED) is 0.540. The smallest absolute Gasteiger partial charge is 0.303 e. The highest BCUT2D eigenvalue weighted by atomic mass is 16.4. The van der Waals surface area contributed by atoms with Crippen LogP contribution in [0.4, 0.5) is 0 Å². The van der Waals surface area contributed by atoms with Crippen molar-refractivity contribution in [3.8, 4) is 0 Å². The largest absolute Gasteiger partial charge is 0.481 e. The minimum absolute atomic E-state index is 0.108. The average Bonchev–Trinajstić information content (AvgIpc) is 3.02. The van der Waals surface area contributed by atoms with E-state index in [1.165, 1.54) is 0 Å². The van der Waals surface area contributed by atoms with Gasteiger partial charge in [-0.15, -0.1) is 0 Å². The van der Waals surface area contributed by atoms with Gasteiger partial charge in [-0.25, -0.2) is 0 Å². The number of hydrogen-bond donors (Lipinski definition) is 4. The van der Waals surface area contributed by atoms with Crippen LogP contribution in [0.25, 0.3) is 0 Å². The van der Waals surface area contributed by atoms with Crippen LogP contribution < -0.4 is 0 Å². The monoisotopic (exact) mass is 422 g/mol. The molecule has 0 aliphatic heterocycles. The van der Waals surface area contributed by atoms with E-state index >= 15 is 0 Å². The van der Waals surface area contributed by atoms with Gasteiger partial charge in [0.15, 0.2) is 0 Å². The van der Waals surface area contributed by atoms with Gasteiger partial charge in [0.05, 0.1) is 18.3 Å². The summed E-state index contributed by atoms with van der Waals surface area (Å²) in [5, 5.41) is 42.0. The standard InChI is InChI=1S/C25H42O5/c1-14(5-4-6-22(29)30)17-7-8-18-23-19(13-21(28)25(17,18)3)24(2)10-9-16(26)11-15(24)12-20(23)27/h14-21,23,26-28H,4-13H2,1-3H3,(H,29,30)/t14-,15+,16-,17-,18+,19+,20-,21+,23+,24+,25-/m1/s1. The Labute approximate surface area is 181 Å². The van der Waals surface area contributed by atoms with E-state index in [9.17, 15) is 20.1 Å². The van der Waals surface area contributed by atoms with Gasteiger partial charge in [-0.1, -0.05) is 20.8 Å². The maximum Gasteiger partial charge on any atom is 0.303 e. The molecule has 4 N–H and O–H groups in total. The van der Waals surface area contributed by atoms with E-state index in [1.54, 1.807) is 0 Å². The number of carbonyl (C=O) groups is 1. The van der Waals surface area contributed by atoms with E-state index in [2.05, 4.69) is 20.8 Å². The van der Waals surface area contributed by atoms with Gasteiger partial charge in [0.1, 0.15) is 0 Å². The molecule has 0 bridgehead atoms. The zero-order chi connectivity index (χ0) is 21.8. The third kappa shape index (κ3) is 3.44. The Morgan fingerprint density at radius 1 is 1.03 bits per heavy atom. The van der Waals surface area contributed by atoms with E-state index in [4.69, 9.17) is 5.11 Å². The molecule has 4 fully saturated rings. The number of aliphatic hydroxyl groups is 3. The summed E-state index contributed by atoms with van der Waals surface area (Å²) in [4.78, 5) is 10.9. The lowest BCUT2D eigenvalue weighted by atomic mass is 9.43. The molecule has 0 radical (unpaired) electrons. The molecule has 0 aromatic heterocycles. The summed E-state index contributed by atoms with van der Waals surface area (Å²) < 4.78 is 0. The molecule has 0 amide bonds. The molecule has 4 saturated carbocycles. The number of fused-ring (bicyclic) bond motifs is 5. The topological polar surface area (TPSA) is 98.0 Å². The first kappa shape index (κ1) is 22.5. The van der Waals surface area contributed by atoms with E-state index in [0.717, 1.165) is 51.4 Å². The third-order valence-electron chi connectivity index (χ3n) is 10.6. The van der Waals surface area contributed by atoms with Crippen molar-refractivity contribution in [3.63, 3.8) is 0 Å². The summed E-state index contributed by atoms with van der Waals surface area (Å²) in [5.74, 6) is 1.29. The first-order valence-corrected chi connectivity index (χ1v) is 12.3. The van der Waals surface area contributed by atoms with E-state index in [1.807, 2.05) is 0 Å². The van der Waals surface area contributed by atoms with E-state index in [-0.39, 0.29) is 41.5 Å². The normalized spacial score (nSPS) is 51.5. The lowest BCUT2D eigenvalue weighted by Gasteiger charge is -2.63. The molecule has 4 rings (SSSR count). The molecule has 0 heterocycles. The molecule has 0 saturated heterocycles. The molecular formula is C25H42O5. The van der Waals surface area contributed by atoms with Gasteiger partial charge in [0, 0.05) is 6.42 Å². The molecule has 0 spiro atoms. The number of rotatable bonds is 5. The molecule has 4 aliphatic carbocycles. The molecule has 172 valence electrons. The Balaban J connectivity index is 1.56. The molecule has 30 heavy (non-hydrogen) atoms. The summed E-state index contributed by atoms with van der Waals surface area (Å²) in [6.45, 7) is 6.86. The van der Waals surface area contributed by atoms with Crippen LogP contribution in [0.1, 0.15) is 85.0 Å². The van der Waals surface area contributed by atoms with Crippen LogP contribution in [-0.2, 0) is 4.79 Å². The maximum absolute atomic E-state index is 11.5. The van der Waals surface area contributed by atoms with Crippen LogP contribution in [0.15, 0.2) is 0 Å². The molecule has 0 aromatic carbocycles. The Kier molecular flexibility index (Phi) is 6.04. The van der Waals surface area contributed by atoms with Crippen molar-refractivity contribution < 1.29 is 25.2 Å². The second-order valence-corrected chi connectivity index (χ2v) is 11.8. The van der Waals surface area contributed by atoms with Crippen LogP contribution in [0.2, 0.25) is 0 Å². The van der Waals surface area contributed by atoms with Crippen LogP contribution in [0.3, 0.4) is 0 Å². The summed E-state index contributed by atoms with van der Waals surface area (Å²) >= 11 is 0. The van der Waals surface area contributed by atoms with Crippen LogP contribution in [0, 0.1) is 46.3 Å². The lowest BCUT2D eigenvalue weighted by Crippen LogP contribution is -2.62. The summed E-state index contributed by atoms with van der Waals surface area (Å²) in [5.41, 5.74) is -0.0845. The van der Waals surface area contributed by atoms with Crippen LogP contribution >= 0.6 is 0 Å². The second-order valence-electron chi connectivity index (χ2n) is 11.8. The van der Waals surface area contributed by atoms with Crippen molar-refractivity contribution in [2.24, 2.45) is 46.3 Å². The predicted octanol–water partition coefficient (Wildman–Crippen LogP) is 3.84. The SMILES string of the molecule is C[C@H](CCCC(=O)O)[C@H]1CC[C@H]2[C@@H]3[C@H](O)C[C@@H]4C[C@H](O)CC[C@]4(C)[C@H]3C[C@H](O)[C@]12C.